The van der Waals surface area contributed by atoms with Gasteiger partial charge in [-0.1, -0.05) is 0 Å². The third-order valence-electron chi connectivity index (χ3n) is 2.56. The molecule has 0 aromatic heterocycles. The Labute approximate surface area is 73.4 Å². The number of aliphatic hydroxyl groups excluding tert-OH is 2. The van der Waals surface area contributed by atoms with Gasteiger partial charge in [-0.3, -0.25) is 4.90 Å². The van der Waals surface area contributed by atoms with Crippen LogP contribution in [-0.2, 0) is 0 Å². The minimum Gasteiger partial charge on any atom is -0.395 e. The Morgan fingerprint density at radius 1 is 1.33 bits per heavy atom. The van der Waals surface area contributed by atoms with Crippen LogP contribution in [0.25, 0.3) is 0 Å². The predicted molar refractivity (Wildman–Crippen MR) is 47.0 cm³/mol. The van der Waals surface area contributed by atoms with Crippen molar-refractivity contribution in [1.82, 2.24) is 9.80 Å². The van der Waals surface area contributed by atoms with Crippen LogP contribution in [0.4, 0.5) is 0 Å². The SMILES string of the molecule is CN(C)C1CN(C(CO)CO)C1. The topological polar surface area (TPSA) is 46.9 Å². The summed E-state index contributed by atoms with van der Waals surface area (Å²) in [4.78, 5) is 4.27. The Bertz CT molecular complexity index is 131. The van der Waals surface area contributed by atoms with Gasteiger partial charge in [-0.25, -0.2) is 0 Å². The average molecular weight is 174 g/mol. The highest BCUT2D eigenvalue weighted by molar-refractivity contribution is 4.89. The molecule has 2 N–H and O–H groups in total. The monoisotopic (exact) mass is 174 g/mol. The molecule has 1 saturated heterocycles. The molecule has 12 heavy (non-hydrogen) atoms. The van der Waals surface area contributed by atoms with Crippen molar-refractivity contribution in [2.45, 2.75) is 12.1 Å². The van der Waals surface area contributed by atoms with E-state index in [2.05, 4.69) is 23.9 Å². The molecule has 0 amide bonds. The lowest BCUT2D eigenvalue weighted by molar-refractivity contribution is -0.0147. The van der Waals surface area contributed by atoms with Gasteiger partial charge in [0.25, 0.3) is 0 Å². The highest BCUT2D eigenvalue weighted by Crippen LogP contribution is 2.15. The summed E-state index contributed by atoms with van der Waals surface area (Å²) in [5, 5.41) is 17.7. The van der Waals surface area contributed by atoms with Crippen LogP contribution >= 0.6 is 0 Å². The lowest BCUT2D eigenvalue weighted by Gasteiger charge is -2.46. The van der Waals surface area contributed by atoms with Crippen LogP contribution in [0.1, 0.15) is 0 Å². The summed E-state index contributed by atoms with van der Waals surface area (Å²) >= 11 is 0. The molecule has 0 radical (unpaired) electrons. The fraction of sp³-hybridized carbons (Fsp3) is 1.00. The zero-order valence-corrected chi connectivity index (χ0v) is 7.77. The number of hydrogen-bond acceptors (Lipinski definition) is 4. The van der Waals surface area contributed by atoms with Gasteiger partial charge in [0.15, 0.2) is 0 Å². The summed E-state index contributed by atoms with van der Waals surface area (Å²) in [6.45, 7) is 2.02. The van der Waals surface area contributed by atoms with Gasteiger partial charge in [-0.2, -0.15) is 0 Å². The predicted octanol–water partition coefficient (Wildman–Crippen LogP) is -1.41. The fourth-order valence-corrected chi connectivity index (χ4v) is 1.40. The van der Waals surface area contributed by atoms with Gasteiger partial charge in [0.05, 0.1) is 19.3 Å². The Morgan fingerprint density at radius 2 is 1.83 bits per heavy atom. The number of aliphatic hydroxyl groups is 2. The molecule has 0 atom stereocenters. The third kappa shape index (κ3) is 1.95. The largest absolute Gasteiger partial charge is 0.395 e. The van der Waals surface area contributed by atoms with E-state index in [1.54, 1.807) is 0 Å². The minimum absolute atomic E-state index is 0.0522. The summed E-state index contributed by atoms with van der Waals surface area (Å²) in [5.74, 6) is 0. The van der Waals surface area contributed by atoms with Crippen LogP contribution in [0.15, 0.2) is 0 Å². The molecule has 1 aliphatic heterocycles. The van der Waals surface area contributed by atoms with E-state index in [-0.39, 0.29) is 19.3 Å². The molecule has 1 aliphatic rings. The molecule has 0 aliphatic carbocycles. The first-order valence-electron chi connectivity index (χ1n) is 4.31. The first-order valence-corrected chi connectivity index (χ1v) is 4.31. The van der Waals surface area contributed by atoms with E-state index in [4.69, 9.17) is 10.2 Å². The number of likely N-dealkylation sites (tertiary alicyclic amines) is 1. The van der Waals surface area contributed by atoms with Crippen LogP contribution in [0.3, 0.4) is 0 Å². The van der Waals surface area contributed by atoms with Gasteiger partial charge in [-0.05, 0) is 14.1 Å². The molecule has 0 saturated carbocycles. The summed E-state index contributed by atoms with van der Waals surface area (Å²) in [6.07, 6.45) is 0. The Balaban J connectivity index is 2.23. The Morgan fingerprint density at radius 3 is 2.17 bits per heavy atom. The van der Waals surface area contributed by atoms with E-state index in [9.17, 15) is 0 Å². The molecular formula is C8H18N2O2. The highest BCUT2D eigenvalue weighted by Gasteiger charge is 2.32. The summed E-state index contributed by atoms with van der Waals surface area (Å²) in [7, 11) is 4.10. The first-order chi connectivity index (χ1) is 5.69. The molecule has 1 fully saturated rings. The molecule has 4 heteroatoms. The summed E-state index contributed by atoms with van der Waals surface area (Å²) in [5.41, 5.74) is 0. The van der Waals surface area contributed by atoms with E-state index < -0.39 is 0 Å². The molecule has 0 bridgehead atoms. The van der Waals surface area contributed by atoms with Crippen molar-refractivity contribution in [1.29, 1.82) is 0 Å². The molecule has 1 rings (SSSR count). The van der Waals surface area contributed by atoms with Crippen molar-refractivity contribution in [2.24, 2.45) is 0 Å². The number of likely N-dealkylation sites (N-methyl/N-ethyl adjacent to an activating group) is 1. The molecule has 0 aromatic rings. The maximum absolute atomic E-state index is 8.87. The molecule has 1 heterocycles. The van der Waals surface area contributed by atoms with Gasteiger partial charge >= 0.3 is 0 Å². The lowest BCUT2D eigenvalue weighted by Crippen LogP contribution is -2.62. The second kappa shape index (κ2) is 4.18. The van der Waals surface area contributed by atoms with Gasteiger partial charge in [-0.15, -0.1) is 0 Å². The van der Waals surface area contributed by atoms with Crippen LogP contribution in [0.5, 0.6) is 0 Å². The Hall–Kier alpha value is -0.160. The normalized spacial score (nSPS) is 20.5. The highest BCUT2D eigenvalue weighted by atomic mass is 16.3. The van der Waals surface area contributed by atoms with Gasteiger partial charge < -0.3 is 15.1 Å². The number of nitrogens with zero attached hydrogens (tertiary/aromatic N) is 2. The maximum Gasteiger partial charge on any atom is 0.0609 e. The van der Waals surface area contributed by atoms with Crippen molar-refractivity contribution in [3.8, 4) is 0 Å². The molecule has 4 nitrogen and oxygen atoms in total. The molecule has 0 unspecified atom stereocenters. The molecular weight excluding hydrogens is 156 g/mol. The molecule has 0 spiro atoms. The standard InChI is InChI=1S/C8H18N2O2/c1-9(2)7-3-10(4-7)8(5-11)6-12/h7-8,11-12H,3-6H2,1-2H3. The van der Waals surface area contributed by atoms with Crippen molar-refractivity contribution in [3.63, 3.8) is 0 Å². The van der Waals surface area contributed by atoms with E-state index in [1.807, 2.05) is 0 Å². The second-order valence-corrected chi connectivity index (χ2v) is 3.59. The molecule has 0 aromatic carbocycles. The minimum atomic E-state index is -0.0544. The zero-order valence-electron chi connectivity index (χ0n) is 7.77. The Kier molecular flexibility index (Phi) is 3.46. The quantitative estimate of drug-likeness (QED) is 0.549. The van der Waals surface area contributed by atoms with Crippen LogP contribution in [0.2, 0.25) is 0 Å². The second-order valence-electron chi connectivity index (χ2n) is 3.59. The van der Waals surface area contributed by atoms with Crippen molar-refractivity contribution >= 4 is 0 Å². The number of hydrogen-bond donors (Lipinski definition) is 2. The average Bonchev–Trinajstić information content (AvgIpc) is 1.94. The lowest BCUT2D eigenvalue weighted by atomic mass is 10.1. The summed E-state index contributed by atoms with van der Waals surface area (Å²) in [6, 6.07) is 0.534. The van der Waals surface area contributed by atoms with E-state index >= 15 is 0 Å². The van der Waals surface area contributed by atoms with Crippen molar-refractivity contribution in [3.05, 3.63) is 0 Å². The van der Waals surface area contributed by atoms with Crippen LogP contribution in [-0.4, -0.2) is 72.5 Å². The third-order valence-corrected chi connectivity index (χ3v) is 2.56. The van der Waals surface area contributed by atoms with Gasteiger partial charge in [0, 0.05) is 19.1 Å². The fourth-order valence-electron chi connectivity index (χ4n) is 1.40. The van der Waals surface area contributed by atoms with Gasteiger partial charge in [0.2, 0.25) is 0 Å². The number of rotatable bonds is 4. The maximum atomic E-state index is 8.87. The zero-order chi connectivity index (χ0) is 9.14. The van der Waals surface area contributed by atoms with E-state index in [1.165, 1.54) is 0 Å². The van der Waals surface area contributed by atoms with Crippen molar-refractivity contribution in [2.75, 3.05) is 40.4 Å². The van der Waals surface area contributed by atoms with E-state index in [0.717, 1.165) is 13.1 Å². The van der Waals surface area contributed by atoms with Crippen LogP contribution < -0.4 is 0 Å². The van der Waals surface area contributed by atoms with Crippen LogP contribution in [0, 0.1) is 0 Å². The van der Waals surface area contributed by atoms with Gasteiger partial charge in [0.1, 0.15) is 0 Å². The van der Waals surface area contributed by atoms with E-state index in [0.29, 0.717) is 6.04 Å². The molecule has 72 valence electrons. The van der Waals surface area contributed by atoms with Crippen molar-refractivity contribution < 1.29 is 10.2 Å². The summed E-state index contributed by atoms with van der Waals surface area (Å²) < 4.78 is 0. The smallest absolute Gasteiger partial charge is 0.0609 e. The first kappa shape index (κ1) is 9.92.